The van der Waals surface area contributed by atoms with Crippen LogP contribution in [-0.2, 0) is 16.1 Å². The average Bonchev–Trinajstić information content (AvgIpc) is 2.54. The Kier molecular flexibility index (Phi) is 5.60. The summed E-state index contributed by atoms with van der Waals surface area (Å²) >= 11 is 0. The smallest absolute Gasteiger partial charge is 0.142 e. The van der Waals surface area contributed by atoms with Gasteiger partial charge >= 0.3 is 0 Å². The van der Waals surface area contributed by atoms with Crippen LogP contribution in [0.25, 0.3) is 6.08 Å². The van der Waals surface area contributed by atoms with Gasteiger partial charge < -0.3 is 19.4 Å². The van der Waals surface area contributed by atoms with E-state index in [1.54, 1.807) is 31.2 Å². The van der Waals surface area contributed by atoms with Gasteiger partial charge in [0.25, 0.3) is 0 Å². The summed E-state index contributed by atoms with van der Waals surface area (Å²) in [6, 6.07) is 17.0. The number of hydrogen-bond donors (Lipinski definition) is 0. The van der Waals surface area contributed by atoms with Crippen LogP contribution in [0, 0.1) is 0 Å². The van der Waals surface area contributed by atoms with Crippen LogP contribution in [0.3, 0.4) is 0 Å². The van der Waals surface area contributed by atoms with E-state index in [9.17, 15) is 9.90 Å². The molecule has 4 nitrogen and oxygen atoms in total. The normalized spacial score (nSPS) is 11.0. The van der Waals surface area contributed by atoms with Gasteiger partial charge in [0.1, 0.15) is 24.1 Å². The molecule has 2 aromatic carbocycles. The summed E-state index contributed by atoms with van der Waals surface area (Å²) < 4.78 is 10.7. The standard InChI is InChI=1S/C18H18O4/c1-2-21-17(18(19)20)12-14-8-10-16(11-9-14)22-13-15-6-4-3-5-7-15/h3-12H,2,13H2,1H3,(H,19,20)/p-1/b17-12-. The minimum Gasteiger partial charge on any atom is -0.542 e. The van der Waals surface area contributed by atoms with Crippen molar-refractivity contribution in [1.82, 2.24) is 0 Å². The molecule has 0 heterocycles. The molecule has 2 aromatic rings. The van der Waals surface area contributed by atoms with Gasteiger partial charge in [-0.2, -0.15) is 0 Å². The van der Waals surface area contributed by atoms with Gasteiger partial charge in [-0.1, -0.05) is 42.5 Å². The molecule has 0 radical (unpaired) electrons. The number of ether oxygens (including phenoxy) is 2. The Bertz CT molecular complexity index is 630. The maximum atomic E-state index is 10.9. The molecule has 4 heteroatoms. The lowest BCUT2D eigenvalue weighted by Crippen LogP contribution is -2.25. The third-order valence-corrected chi connectivity index (χ3v) is 2.93. The zero-order valence-corrected chi connectivity index (χ0v) is 12.3. The van der Waals surface area contributed by atoms with E-state index in [0.29, 0.717) is 17.9 Å². The molecule has 0 atom stereocenters. The predicted molar refractivity (Wildman–Crippen MR) is 81.8 cm³/mol. The molecule has 0 aliphatic heterocycles. The third kappa shape index (κ3) is 4.66. The molecule has 0 unspecified atom stereocenters. The molecule has 0 aliphatic carbocycles. The van der Waals surface area contributed by atoms with Crippen LogP contribution in [0.5, 0.6) is 5.75 Å². The highest BCUT2D eigenvalue weighted by molar-refractivity contribution is 5.88. The lowest BCUT2D eigenvalue weighted by atomic mass is 10.2. The van der Waals surface area contributed by atoms with E-state index < -0.39 is 5.97 Å². The quantitative estimate of drug-likeness (QED) is 0.581. The second kappa shape index (κ2) is 7.88. The second-order valence-corrected chi connectivity index (χ2v) is 4.57. The monoisotopic (exact) mass is 297 g/mol. The number of carbonyl (C=O) groups is 1. The zero-order chi connectivity index (χ0) is 15.8. The summed E-state index contributed by atoms with van der Waals surface area (Å²) in [5, 5.41) is 10.9. The van der Waals surface area contributed by atoms with E-state index in [0.717, 1.165) is 5.56 Å². The Hall–Kier alpha value is -2.75. The fourth-order valence-electron chi connectivity index (χ4n) is 1.87. The van der Waals surface area contributed by atoms with Crippen molar-refractivity contribution in [3.63, 3.8) is 0 Å². The molecule has 0 saturated heterocycles. The molecular weight excluding hydrogens is 280 g/mol. The van der Waals surface area contributed by atoms with E-state index in [2.05, 4.69) is 0 Å². The Balaban J connectivity index is 2.00. The number of benzene rings is 2. The van der Waals surface area contributed by atoms with Crippen molar-refractivity contribution >= 4 is 12.0 Å². The van der Waals surface area contributed by atoms with E-state index in [1.165, 1.54) is 6.08 Å². The highest BCUT2D eigenvalue weighted by Crippen LogP contribution is 2.16. The lowest BCUT2D eigenvalue weighted by molar-refractivity contribution is -0.303. The van der Waals surface area contributed by atoms with Crippen LogP contribution < -0.4 is 9.84 Å². The number of carboxylic acid groups (broad SMARTS) is 1. The van der Waals surface area contributed by atoms with Crippen LogP contribution in [0.4, 0.5) is 0 Å². The Morgan fingerprint density at radius 3 is 2.36 bits per heavy atom. The van der Waals surface area contributed by atoms with Gasteiger partial charge in [0.15, 0.2) is 0 Å². The fourth-order valence-corrected chi connectivity index (χ4v) is 1.87. The lowest BCUT2D eigenvalue weighted by Gasteiger charge is -2.10. The summed E-state index contributed by atoms with van der Waals surface area (Å²) in [4.78, 5) is 10.9. The number of carboxylic acids is 1. The van der Waals surface area contributed by atoms with E-state index in [1.807, 2.05) is 30.3 Å². The molecule has 0 bridgehead atoms. The summed E-state index contributed by atoms with van der Waals surface area (Å²) in [5.41, 5.74) is 1.79. The molecule has 22 heavy (non-hydrogen) atoms. The van der Waals surface area contributed by atoms with Crippen molar-refractivity contribution in [3.05, 3.63) is 71.5 Å². The molecule has 0 aliphatic rings. The van der Waals surface area contributed by atoms with Crippen molar-refractivity contribution in [2.24, 2.45) is 0 Å². The van der Waals surface area contributed by atoms with Crippen LogP contribution in [-0.4, -0.2) is 12.6 Å². The summed E-state index contributed by atoms with van der Waals surface area (Å²) in [6.45, 7) is 2.48. The van der Waals surface area contributed by atoms with Crippen molar-refractivity contribution in [2.75, 3.05) is 6.61 Å². The molecule has 114 valence electrons. The maximum Gasteiger partial charge on any atom is 0.142 e. The molecule has 0 aromatic heterocycles. The summed E-state index contributed by atoms with van der Waals surface area (Å²) in [5.74, 6) is -0.792. The first-order chi connectivity index (χ1) is 10.7. The SMILES string of the molecule is CCO/C(=C\c1ccc(OCc2ccccc2)cc1)C(=O)[O-]. The molecule has 0 saturated carbocycles. The van der Waals surface area contributed by atoms with E-state index in [4.69, 9.17) is 9.47 Å². The van der Waals surface area contributed by atoms with Crippen LogP contribution in [0.2, 0.25) is 0 Å². The Labute approximate surface area is 129 Å². The van der Waals surface area contributed by atoms with Crippen molar-refractivity contribution in [1.29, 1.82) is 0 Å². The summed E-state index contributed by atoms with van der Waals surface area (Å²) in [6.07, 6.45) is 1.43. The van der Waals surface area contributed by atoms with Crippen molar-refractivity contribution in [2.45, 2.75) is 13.5 Å². The van der Waals surface area contributed by atoms with Gasteiger partial charge in [0.05, 0.1) is 6.61 Å². The van der Waals surface area contributed by atoms with Crippen molar-refractivity contribution < 1.29 is 19.4 Å². The number of rotatable bonds is 7. The molecule has 2 rings (SSSR count). The van der Waals surface area contributed by atoms with Crippen LogP contribution in [0.1, 0.15) is 18.1 Å². The van der Waals surface area contributed by atoms with Gasteiger partial charge in [-0.25, -0.2) is 0 Å². The van der Waals surface area contributed by atoms with Crippen LogP contribution in [0.15, 0.2) is 60.4 Å². The minimum atomic E-state index is -1.33. The first-order valence-corrected chi connectivity index (χ1v) is 7.01. The van der Waals surface area contributed by atoms with Gasteiger partial charge in [0, 0.05) is 0 Å². The molecule has 0 fully saturated rings. The maximum absolute atomic E-state index is 10.9. The first kappa shape index (κ1) is 15.6. The van der Waals surface area contributed by atoms with Crippen LogP contribution >= 0.6 is 0 Å². The number of aliphatic carboxylic acids is 1. The third-order valence-electron chi connectivity index (χ3n) is 2.93. The van der Waals surface area contributed by atoms with Gasteiger partial charge in [-0.3, -0.25) is 0 Å². The average molecular weight is 297 g/mol. The van der Waals surface area contributed by atoms with E-state index in [-0.39, 0.29) is 12.4 Å². The Morgan fingerprint density at radius 2 is 1.77 bits per heavy atom. The van der Waals surface area contributed by atoms with Crippen molar-refractivity contribution in [3.8, 4) is 5.75 Å². The predicted octanol–water partition coefficient (Wildman–Crippen LogP) is 2.39. The second-order valence-electron chi connectivity index (χ2n) is 4.57. The minimum absolute atomic E-state index is 0.180. The molecular formula is C18H17O4-. The topological polar surface area (TPSA) is 58.6 Å². The van der Waals surface area contributed by atoms with Gasteiger partial charge in [-0.15, -0.1) is 0 Å². The fraction of sp³-hybridized carbons (Fsp3) is 0.167. The van der Waals surface area contributed by atoms with Gasteiger partial charge in [-0.05, 0) is 36.3 Å². The molecule has 0 N–H and O–H groups in total. The highest BCUT2D eigenvalue weighted by Gasteiger charge is 2.00. The number of hydrogen-bond acceptors (Lipinski definition) is 4. The highest BCUT2D eigenvalue weighted by atomic mass is 16.5. The Morgan fingerprint density at radius 1 is 1.09 bits per heavy atom. The van der Waals surface area contributed by atoms with Gasteiger partial charge in [0.2, 0.25) is 0 Å². The van der Waals surface area contributed by atoms with E-state index >= 15 is 0 Å². The first-order valence-electron chi connectivity index (χ1n) is 7.01. The number of carbonyl (C=O) groups excluding carboxylic acids is 1. The summed E-state index contributed by atoms with van der Waals surface area (Å²) in [7, 11) is 0. The molecule has 0 spiro atoms. The largest absolute Gasteiger partial charge is 0.542 e. The zero-order valence-electron chi connectivity index (χ0n) is 12.3. The molecule has 0 amide bonds.